The molecular weight excluding hydrogens is 328 g/mol. The van der Waals surface area contributed by atoms with Gasteiger partial charge in [-0.3, -0.25) is 9.80 Å². The molecule has 0 radical (unpaired) electrons. The number of amides is 1. The second-order valence-corrected chi connectivity index (χ2v) is 7.08. The minimum atomic E-state index is -0.217. The van der Waals surface area contributed by atoms with E-state index in [9.17, 15) is 4.79 Å². The highest BCUT2D eigenvalue weighted by Crippen LogP contribution is 2.32. The fraction of sp³-hybridized carbons (Fsp3) is 0.381. The van der Waals surface area contributed by atoms with Gasteiger partial charge < -0.3 is 9.47 Å². The summed E-state index contributed by atoms with van der Waals surface area (Å²) in [5.41, 5.74) is 4.59. The lowest BCUT2D eigenvalue weighted by Crippen LogP contribution is -2.40. The van der Waals surface area contributed by atoms with E-state index in [-0.39, 0.29) is 12.1 Å². The predicted molar refractivity (Wildman–Crippen MR) is 101 cm³/mol. The SMILES string of the molecule is COc1ccc(CN2CCC3COC(=O)N3c3cc(C)ccc3C2)cc1. The van der Waals surface area contributed by atoms with Gasteiger partial charge in [-0.1, -0.05) is 24.3 Å². The molecule has 0 saturated carbocycles. The fourth-order valence-electron chi connectivity index (χ4n) is 3.78. The van der Waals surface area contributed by atoms with Crippen LogP contribution in [0.5, 0.6) is 5.75 Å². The third-order valence-electron chi connectivity index (χ3n) is 5.20. The number of rotatable bonds is 3. The topological polar surface area (TPSA) is 42.0 Å². The summed E-state index contributed by atoms with van der Waals surface area (Å²) in [6.45, 7) is 5.15. The van der Waals surface area contributed by atoms with E-state index in [1.807, 2.05) is 17.0 Å². The van der Waals surface area contributed by atoms with Crippen molar-refractivity contribution in [3.8, 4) is 5.75 Å². The van der Waals surface area contributed by atoms with E-state index < -0.39 is 0 Å². The average Bonchev–Trinajstić information content (AvgIpc) is 3.00. The highest BCUT2D eigenvalue weighted by molar-refractivity contribution is 5.91. The lowest BCUT2D eigenvalue weighted by Gasteiger charge is -2.32. The van der Waals surface area contributed by atoms with Gasteiger partial charge in [-0.25, -0.2) is 4.79 Å². The van der Waals surface area contributed by atoms with Crippen LogP contribution in [0.1, 0.15) is 23.1 Å². The fourth-order valence-corrected chi connectivity index (χ4v) is 3.78. The van der Waals surface area contributed by atoms with Crippen LogP contribution in [0.3, 0.4) is 0 Å². The molecule has 1 atom stereocenters. The molecule has 4 rings (SSSR count). The zero-order valence-electron chi connectivity index (χ0n) is 15.3. The summed E-state index contributed by atoms with van der Waals surface area (Å²) in [5, 5.41) is 0. The van der Waals surface area contributed by atoms with Crippen LogP contribution in [0.4, 0.5) is 10.5 Å². The van der Waals surface area contributed by atoms with Crippen LogP contribution in [0.2, 0.25) is 0 Å². The summed E-state index contributed by atoms with van der Waals surface area (Å²) in [6.07, 6.45) is 0.695. The summed E-state index contributed by atoms with van der Waals surface area (Å²) in [4.78, 5) is 16.6. The number of methoxy groups -OCH3 is 1. The number of hydrogen-bond donors (Lipinski definition) is 0. The van der Waals surface area contributed by atoms with Gasteiger partial charge >= 0.3 is 6.09 Å². The molecular formula is C21H24N2O3. The molecule has 2 heterocycles. The Morgan fingerprint density at radius 1 is 1.19 bits per heavy atom. The maximum atomic E-state index is 12.3. The number of ether oxygens (including phenoxy) is 2. The Balaban J connectivity index is 1.61. The number of nitrogens with zero attached hydrogens (tertiary/aromatic N) is 2. The Kier molecular flexibility index (Phi) is 4.55. The Bertz CT molecular complexity index is 803. The molecule has 0 bridgehead atoms. The summed E-state index contributed by atoms with van der Waals surface area (Å²) in [5.74, 6) is 0.875. The number of benzene rings is 2. The van der Waals surface area contributed by atoms with Gasteiger partial charge in [-0.2, -0.15) is 0 Å². The lowest BCUT2D eigenvalue weighted by molar-refractivity contribution is 0.177. The number of carbonyl (C=O) groups is 1. The van der Waals surface area contributed by atoms with Gasteiger partial charge in [0.15, 0.2) is 0 Å². The molecule has 1 unspecified atom stereocenters. The van der Waals surface area contributed by atoms with E-state index in [0.717, 1.165) is 43.1 Å². The third-order valence-corrected chi connectivity index (χ3v) is 5.20. The van der Waals surface area contributed by atoms with E-state index in [1.54, 1.807) is 7.11 Å². The smallest absolute Gasteiger partial charge is 0.414 e. The Hall–Kier alpha value is -2.53. The van der Waals surface area contributed by atoms with Crippen LogP contribution in [0.15, 0.2) is 42.5 Å². The minimum absolute atomic E-state index is 0.113. The van der Waals surface area contributed by atoms with Crippen LogP contribution in [-0.4, -0.2) is 37.3 Å². The van der Waals surface area contributed by atoms with Crippen LogP contribution < -0.4 is 9.64 Å². The van der Waals surface area contributed by atoms with Gasteiger partial charge in [0, 0.05) is 19.6 Å². The molecule has 2 aromatic carbocycles. The van der Waals surface area contributed by atoms with E-state index in [4.69, 9.17) is 9.47 Å². The van der Waals surface area contributed by atoms with Crippen molar-refractivity contribution in [3.63, 3.8) is 0 Å². The standard InChI is InChI=1S/C21H24N2O3/c1-15-3-6-17-13-22(12-16-4-7-19(25-2)8-5-16)10-9-18-14-26-21(24)23(18)20(17)11-15/h3-8,11,18H,9-10,12-14H2,1-2H3. The van der Waals surface area contributed by atoms with Crippen molar-refractivity contribution in [1.29, 1.82) is 0 Å². The maximum Gasteiger partial charge on any atom is 0.414 e. The van der Waals surface area contributed by atoms with Gasteiger partial charge in [-0.15, -0.1) is 0 Å². The Labute approximate surface area is 154 Å². The molecule has 0 aliphatic carbocycles. The van der Waals surface area contributed by atoms with E-state index in [2.05, 4.69) is 42.2 Å². The van der Waals surface area contributed by atoms with E-state index >= 15 is 0 Å². The molecule has 5 nitrogen and oxygen atoms in total. The van der Waals surface area contributed by atoms with Gasteiger partial charge in [0.05, 0.1) is 18.8 Å². The average molecular weight is 352 g/mol. The molecule has 26 heavy (non-hydrogen) atoms. The molecule has 2 aromatic rings. The number of fused-ring (bicyclic) bond motifs is 3. The quantitative estimate of drug-likeness (QED) is 0.844. The first-order chi connectivity index (χ1) is 12.6. The van der Waals surface area contributed by atoms with E-state index in [1.165, 1.54) is 11.1 Å². The highest BCUT2D eigenvalue weighted by atomic mass is 16.6. The number of anilines is 1. The van der Waals surface area contributed by atoms with Gasteiger partial charge in [-0.05, 0) is 48.2 Å². The number of hydrogen-bond acceptors (Lipinski definition) is 4. The summed E-state index contributed by atoms with van der Waals surface area (Å²) in [6, 6.07) is 14.7. The first-order valence-electron chi connectivity index (χ1n) is 9.05. The predicted octanol–water partition coefficient (Wildman–Crippen LogP) is 3.73. The first-order valence-corrected chi connectivity index (χ1v) is 9.05. The first kappa shape index (κ1) is 16.9. The normalized spacial score (nSPS) is 20.0. The van der Waals surface area contributed by atoms with Crippen molar-refractivity contribution in [3.05, 3.63) is 59.2 Å². The van der Waals surface area contributed by atoms with Crippen LogP contribution in [0.25, 0.3) is 0 Å². The number of aryl methyl sites for hydroxylation is 1. The summed E-state index contributed by atoms with van der Waals surface area (Å²) < 4.78 is 10.6. The van der Waals surface area contributed by atoms with Crippen molar-refractivity contribution in [2.75, 3.05) is 25.2 Å². The molecule has 0 spiro atoms. The zero-order chi connectivity index (χ0) is 18.1. The van der Waals surface area contributed by atoms with Crippen molar-refractivity contribution >= 4 is 11.8 Å². The molecule has 1 fully saturated rings. The molecule has 2 aliphatic heterocycles. The minimum Gasteiger partial charge on any atom is -0.497 e. The maximum absolute atomic E-state index is 12.3. The lowest BCUT2D eigenvalue weighted by atomic mass is 10.0. The van der Waals surface area contributed by atoms with Crippen molar-refractivity contribution in [2.45, 2.75) is 32.5 Å². The largest absolute Gasteiger partial charge is 0.497 e. The molecule has 0 aromatic heterocycles. The van der Waals surface area contributed by atoms with Crippen molar-refractivity contribution < 1.29 is 14.3 Å². The zero-order valence-corrected chi connectivity index (χ0v) is 15.3. The summed E-state index contributed by atoms with van der Waals surface area (Å²) >= 11 is 0. The number of cyclic esters (lactones) is 1. The summed E-state index contributed by atoms with van der Waals surface area (Å²) in [7, 11) is 1.68. The van der Waals surface area contributed by atoms with Crippen LogP contribution in [-0.2, 0) is 17.8 Å². The third kappa shape index (κ3) is 3.27. The Morgan fingerprint density at radius 2 is 2.00 bits per heavy atom. The van der Waals surface area contributed by atoms with Gasteiger partial charge in [0.2, 0.25) is 0 Å². The Morgan fingerprint density at radius 3 is 2.77 bits per heavy atom. The number of carbonyl (C=O) groups excluding carboxylic acids is 1. The highest BCUT2D eigenvalue weighted by Gasteiger charge is 2.37. The molecule has 0 N–H and O–H groups in total. The van der Waals surface area contributed by atoms with Gasteiger partial charge in [0.25, 0.3) is 0 Å². The van der Waals surface area contributed by atoms with E-state index in [0.29, 0.717) is 6.61 Å². The van der Waals surface area contributed by atoms with Crippen molar-refractivity contribution in [2.24, 2.45) is 0 Å². The molecule has 1 saturated heterocycles. The molecule has 2 aliphatic rings. The van der Waals surface area contributed by atoms with Crippen LogP contribution in [0, 0.1) is 6.92 Å². The second kappa shape index (κ2) is 7.00. The monoisotopic (exact) mass is 352 g/mol. The van der Waals surface area contributed by atoms with Gasteiger partial charge in [0.1, 0.15) is 12.4 Å². The molecule has 5 heteroatoms. The van der Waals surface area contributed by atoms with Crippen LogP contribution >= 0.6 is 0 Å². The molecule has 1 amide bonds. The second-order valence-electron chi connectivity index (χ2n) is 7.08. The van der Waals surface area contributed by atoms with Crippen molar-refractivity contribution in [1.82, 2.24) is 4.90 Å². The molecule has 136 valence electrons.